The van der Waals surface area contributed by atoms with Crippen molar-refractivity contribution in [2.24, 2.45) is 0 Å². The number of hydrogen-bond donors (Lipinski definition) is 0. The van der Waals surface area contributed by atoms with E-state index in [1.807, 2.05) is 18.2 Å². The van der Waals surface area contributed by atoms with Crippen LogP contribution in [0.15, 0.2) is 35.5 Å². The normalized spacial score (nSPS) is 14.9. The molecule has 0 spiro atoms. The Kier molecular flexibility index (Phi) is 3.34. The van der Waals surface area contributed by atoms with Crippen LogP contribution in [0.4, 0.5) is 0 Å². The summed E-state index contributed by atoms with van der Waals surface area (Å²) >= 11 is 1.58. The molecule has 3 rings (SSSR count). The van der Waals surface area contributed by atoms with Crippen molar-refractivity contribution in [2.75, 3.05) is 13.0 Å². The molecule has 1 aliphatic rings. The number of aromatic nitrogens is 3. The average molecular weight is 261 g/mol. The Bertz CT molecular complexity index is 522. The van der Waals surface area contributed by atoms with Crippen molar-refractivity contribution in [3.63, 3.8) is 0 Å². The molecule has 0 saturated heterocycles. The summed E-state index contributed by atoms with van der Waals surface area (Å²) in [4.78, 5) is 0. The third-order valence-corrected chi connectivity index (χ3v) is 3.80. The molecule has 1 aromatic carbocycles. The standard InChI is InChI=1S/C13H15N3OS/c1-17-9-18-13-15-14-12(10-7-8-10)16(13)11-5-3-2-4-6-11/h2-6,10H,7-9H2,1H3. The van der Waals surface area contributed by atoms with Crippen molar-refractivity contribution in [1.29, 1.82) is 0 Å². The fourth-order valence-corrected chi connectivity index (χ4v) is 2.56. The van der Waals surface area contributed by atoms with Crippen LogP contribution in [0.2, 0.25) is 0 Å². The Morgan fingerprint density at radius 3 is 2.72 bits per heavy atom. The maximum Gasteiger partial charge on any atom is 0.198 e. The molecular weight excluding hydrogens is 246 g/mol. The van der Waals surface area contributed by atoms with Gasteiger partial charge in [0.15, 0.2) is 5.16 Å². The van der Waals surface area contributed by atoms with E-state index in [0.29, 0.717) is 11.9 Å². The smallest absolute Gasteiger partial charge is 0.198 e. The Morgan fingerprint density at radius 2 is 2.06 bits per heavy atom. The minimum atomic E-state index is 0.578. The number of hydrogen-bond acceptors (Lipinski definition) is 4. The first-order chi connectivity index (χ1) is 8.90. The van der Waals surface area contributed by atoms with Gasteiger partial charge in [-0.05, 0) is 25.0 Å². The van der Waals surface area contributed by atoms with E-state index in [0.717, 1.165) is 16.7 Å². The van der Waals surface area contributed by atoms with Gasteiger partial charge >= 0.3 is 0 Å². The highest BCUT2D eigenvalue weighted by molar-refractivity contribution is 7.99. The van der Waals surface area contributed by atoms with Crippen molar-refractivity contribution in [3.8, 4) is 5.69 Å². The summed E-state index contributed by atoms with van der Waals surface area (Å²) < 4.78 is 7.26. The zero-order valence-corrected chi connectivity index (χ0v) is 11.1. The van der Waals surface area contributed by atoms with E-state index >= 15 is 0 Å². The van der Waals surface area contributed by atoms with Gasteiger partial charge in [0, 0.05) is 18.7 Å². The molecule has 0 N–H and O–H groups in total. The van der Waals surface area contributed by atoms with Crippen LogP contribution < -0.4 is 0 Å². The number of methoxy groups -OCH3 is 1. The van der Waals surface area contributed by atoms with Crippen molar-refractivity contribution in [3.05, 3.63) is 36.2 Å². The van der Waals surface area contributed by atoms with Crippen molar-refractivity contribution >= 4 is 11.8 Å². The fourth-order valence-electron chi connectivity index (χ4n) is 1.91. The zero-order valence-electron chi connectivity index (χ0n) is 10.2. The molecule has 18 heavy (non-hydrogen) atoms. The molecule has 1 fully saturated rings. The van der Waals surface area contributed by atoms with Gasteiger partial charge in [-0.2, -0.15) is 0 Å². The van der Waals surface area contributed by atoms with Gasteiger partial charge in [-0.25, -0.2) is 0 Å². The lowest BCUT2D eigenvalue weighted by atomic mass is 10.3. The Morgan fingerprint density at radius 1 is 1.28 bits per heavy atom. The Labute approximate surface area is 110 Å². The zero-order chi connectivity index (χ0) is 12.4. The Hall–Kier alpha value is -1.33. The third kappa shape index (κ3) is 2.28. The van der Waals surface area contributed by atoms with Gasteiger partial charge in [-0.3, -0.25) is 4.57 Å². The van der Waals surface area contributed by atoms with E-state index in [1.165, 1.54) is 12.8 Å². The van der Waals surface area contributed by atoms with Crippen LogP contribution >= 0.6 is 11.8 Å². The molecule has 0 amide bonds. The fraction of sp³-hybridized carbons (Fsp3) is 0.385. The number of nitrogens with zero attached hydrogens (tertiary/aromatic N) is 3. The number of benzene rings is 1. The minimum absolute atomic E-state index is 0.578. The molecule has 1 heterocycles. The summed E-state index contributed by atoms with van der Waals surface area (Å²) in [6.45, 7) is 0. The molecule has 94 valence electrons. The molecule has 0 aliphatic heterocycles. The summed E-state index contributed by atoms with van der Waals surface area (Å²) in [6.07, 6.45) is 2.44. The van der Waals surface area contributed by atoms with E-state index in [9.17, 15) is 0 Å². The van der Waals surface area contributed by atoms with Gasteiger partial charge in [0.1, 0.15) is 5.82 Å². The van der Waals surface area contributed by atoms with Crippen LogP contribution in [0.3, 0.4) is 0 Å². The lowest BCUT2D eigenvalue weighted by Gasteiger charge is -2.09. The molecule has 0 radical (unpaired) electrons. The van der Waals surface area contributed by atoms with Crippen LogP contribution in [-0.2, 0) is 4.74 Å². The van der Waals surface area contributed by atoms with Crippen molar-refractivity contribution < 1.29 is 4.74 Å². The topological polar surface area (TPSA) is 39.9 Å². The number of ether oxygens (including phenoxy) is 1. The largest absolute Gasteiger partial charge is 0.374 e. The van der Waals surface area contributed by atoms with Gasteiger partial charge in [-0.15, -0.1) is 10.2 Å². The van der Waals surface area contributed by atoms with Crippen LogP contribution in [0.25, 0.3) is 5.69 Å². The molecule has 4 nitrogen and oxygen atoms in total. The van der Waals surface area contributed by atoms with Crippen LogP contribution in [0.1, 0.15) is 24.6 Å². The maximum absolute atomic E-state index is 5.10. The molecule has 5 heteroatoms. The third-order valence-electron chi connectivity index (χ3n) is 2.92. The van der Waals surface area contributed by atoms with Crippen molar-refractivity contribution in [1.82, 2.24) is 14.8 Å². The van der Waals surface area contributed by atoms with Gasteiger partial charge in [-0.1, -0.05) is 30.0 Å². The monoisotopic (exact) mass is 261 g/mol. The predicted molar refractivity (Wildman–Crippen MR) is 71.1 cm³/mol. The summed E-state index contributed by atoms with van der Waals surface area (Å²) in [5.41, 5.74) is 1.13. The second kappa shape index (κ2) is 5.12. The summed E-state index contributed by atoms with van der Waals surface area (Å²) in [5, 5.41) is 9.54. The summed E-state index contributed by atoms with van der Waals surface area (Å²) in [5.74, 6) is 2.25. The molecule has 0 bridgehead atoms. The molecule has 0 unspecified atom stereocenters. The summed E-state index contributed by atoms with van der Waals surface area (Å²) in [6, 6.07) is 10.3. The van der Waals surface area contributed by atoms with E-state index in [-0.39, 0.29) is 0 Å². The molecule has 2 aromatic rings. The molecule has 1 saturated carbocycles. The second-order valence-corrected chi connectivity index (χ2v) is 5.23. The van der Waals surface area contributed by atoms with E-state index in [2.05, 4.69) is 26.9 Å². The minimum Gasteiger partial charge on any atom is -0.374 e. The first-order valence-corrected chi connectivity index (χ1v) is 7.01. The highest BCUT2D eigenvalue weighted by Gasteiger charge is 2.30. The first kappa shape index (κ1) is 11.7. The highest BCUT2D eigenvalue weighted by Crippen LogP contribution is 2.41. The summed E-state index contributed by atoms with van der Waals surface area (Å²) in [7, 11) is 1.69. The van der Waals surface area contributed by atoms with Gasteiger partial charge < -0.3 is 4.74 Å². The van der Waals surface area contributed by atoms with Crippen molar-refractivity contribution in [2.45, 2.75) is 23.9 Å². The van der Waals surface area contributed by atoms with Gasteiger partial charge in [0.2, 0.25) is 0 Å². The molecular formula is C13H15N3OS. The average Bonchev–Trinajstić information content (AvgIpc) is 3.18. The van der Waals surface area contributed by atoms with E-state index < -0.39 is 0 Å². The van der Waals surface area contributed by atoms with Crippen LogP contribution in [0, 0.1) is 0 Å². The Balaban J connectivity index is 2.00. The quantitative estimate of drug-likeness (QED) is 0.613. The lowest BCUT2D eigenvalue weighted by Crippen LogP contribution is -2.01. The van der Waals surface area contributed by atoms with Crippen LogP contribution in [0.5, 0.6) is 0 Å². The van der Waals surface area contributed by atoms with Gasteiger partial charge in [0.05, 0.1) is 5.94 Å². The second-order valence-electron chi connectivity index (χ2n) is 4.34. The van der Waals surface area contributed by atoms with Crippen LogP contribution in [-0.4, -0.2) is 27.8 Å². The predicted octanol–water partition coefficient (Wildman–Crippen LogP) is 2.84. The lowest BCUT2D eigenvalue weighted by molar-refractivity contribution is 0.258. The molecule has 1 aliphatic carbocycles. The SMILES string of the molecule is COCSc1nnc(C2CC2)n1-c1ccccc1. The molecule has 1 aromatic heterocycles. The van der Waals surface area contributed by atoms with E-state index in [4.69, 9.17) is 4.74 Å². The number of para-hydroxylation sites is 1. The molecule has 0 atom stereocenters. The van der Waals surface area contributed by atoms with E-state index in [1.54, 1.807) is 18.9 Å². The number of rotatable bonds is 5. The first-order valence-electron chi connectivity index (χ1n) is 6.02. The highest BCUT2D eigenvalue weighted by atomic mass is 32.2. The number of thioether (sulfide) groups is 1. The maximum atomic E-state index is 5.10. The van der Waals surface area contributed by atoms with Gasteiger partial charge in [0.25, 0.3) is 0 Å².